The molecule has 0 fully saturated rings. The van der Waals surface area contributed by atoms with E-state index in [4.69, 9.17) is 18.9 Å². The molecule has 0 radical (unpaired) electrons. The summed E-state index contributed by atoms with van der Waals surface area (Å²) in [6.07, 6.45) is 2.34. The molecule has 2 N–H and O–H groups in total. The molecular weight excluding hydrogens is 354 g/mol. The molecule has 0 bridgehead atoms. The molecule has 1 heterocycles. The zero-order valence-electron chi connectivity index (χ0n) is 15.7. The lowest BCUT2D eigenvalue weighted by molar-refractivity contribution is -0.139. The largest absolute Gasteiger partial charge is 0.486 e. The number of unbranched alkanes of at least 4 members (excludes halogenated alkanes) is 1. The van der Waals surface area contributed by atoms with E-state index >= 15 is 0 Å². The van der Waals surface area contributed by atoms with Gasteiger partial charge < -0.3 is 29.4 Å². The fourth-order valence-electron chi connectivity index (χ4n) is 2.30. The maximum absolute atomic E-state index is 11.7. The van der Waals surface area contributed by atoms with Crippen molar-refractivity contribution < 1.29 is 33.6 Å². The van der Waals surface area contributed by atoms with E-state index in [1.807, 2.05) is 6.92 Å². The zero-order chi connectivity index (χ0) is 19.9. The molecule has 0 saturated carbocycles. The van der Waals surface area contributed by atoms with Crippen molar-refractivity contribution in [1.29, 1.82) is 0 Å². The molecule has 8 heteroatoms. The lowest BCUT2D eigenvalue weighted by Crippen LogP contribution is -2.34. The van der Waals surface area contributed by atoms with Crippen LogP contribution < -0.4 is 10.1 Å². The van der Waals surface area contributed by atoms with Gasteiger partial charge in [-0.15, -0.1) is 0 Å². The van der Waals surface area contributed by atoms with Gasteiger partial charge in [-0.1, -0.05) is 25.5 Å². The molecule has 148 valence electrons. The first-order valence-electron chi connectivity index (χ1n) is 8.75. The molecule has 1 aliphatic rings. The summed E-state index contributed by atoms with van der Waals surface area (Å²) in [5.41, 5.74) is 0.406. The molecule has 1 atom stereocenters. The average molecular weight is 379 g/mol. The summed E-state index contributed by atoms with van der Waals surface area (Å²) >= 11 is 0. The van der Waals surface area contributed by atoms with E-state index in [0.717, 1.165) is 12.8 Å². The van der Waals surface area contributed by atoms with Crippen LogP contribution in [0.4, 0.5) is 4.79 Å². The Labute approximate surface area is 158 Å². The molecule has 0 spiro atoms. The van der Waals surface area contributed by atoms with E-state index in [9.17, 15) is 14.7 Å². The predicted molar refractivity (Wildman–Crippen MR) is 96.0 cm³/mol. The molecule has 2 rings (SSSR count). The molecule has 27 heavy (non-hydrogen) atoms. The summed E-state index contributed by atoms with van der Waals surface area (Å²) in [5.74, 6) is -0.791. The van der Waals surface area contributed by atoms with Gasteiger partial charge in [0.1, 0.15) is 18.6 Å². The lowest BCUT2D eigenvalue weighted by atomic mass is 10.1. The third-order valence-electron chi connectivity index (χ3n) is 3.69. The minimum absolute atomic E-state index is 0.188. The number of amides is 1. The second-order valence-corrected chi connectivity index (χ2v) is 6.47. The van der Waals surface area contributed by atoms with E-state index in [1.165, 1.54) is 6.26 Å². The van der Waals surface area contributed by atoms with Crippen molar-refractivity contribution in [1.82, 2.24) is 5.32 Å². The highest BCUT2D eigenvalue weighted by Gasteiger charge is 2.28. The van der Waals surface area contributed by atoms with Crippen molar-refractivity contribution in [2.75, 3.05) is 13.2 Å². The Morgan fingerprint density at radius 1 is 1.26 bits per heavy atom. The first-order valence-corrected chi connectivity index (χ1v) is 8.75. The highest BCUT2D eigenvalue weighted by molar-refractivity contribution is 5.81. The maximum Gasteiger partial charge on any atom is 0.408 e. The Bertz CT molecular complexity index is 682. The van der Waals surface area contributed by atoms with Gasteiger partial charge in [-0.05, 0) is 24.1 Å². The summed E-state index contributed by atoms with van der Waals surface area (Å²) in [7, 11) is 0. The monoisotopic (exact) mass is 379 g/mol. The van der Waals surface area contributed by atoms with Crippen LogP contribution in [0.1, 0.15) is 45.2 Å². The Morgan fingerprint density at radius 3 is 2.52 bits per heavy atom. The van der Waals surface area contributed by atoms with Crippen molar-refractivity contribution in [2.45, 2.75) is 45.4 Å². The van der Waals surface area contributed by atoms with Gasteiger partial charge in [-0.25, -0.2) is 9.59 Å². The van der Waals surface area contributed by atoms with Gasteiger partial charge >= 0.3 is 12.1 Å². The number of benzene rings is 1. The number of rotatable bonds is 9. The van der Waals surface area contributed by atoms with Crippen LogP contribution in [-0.4, -0.2) is 36.2 Å². The van der Waals surface area contributed by atoms with Gasteiger partial charge in [-0.3, -0.25) is 0 Å². The Morgan fingerprint density at radius 2 is 1.96 bits per heavy atom. The minimum atomic E-state index is -1.21. The predicted octanol–water partition coefficient (Wildman–Crippen LogP) is 3.34. The van der Waals surface area contributed by atoms with Gasteiger partial charge in [0.05, 0.1) is 6.61 Å². The van der Waals surface area contributed by atoms with Crippen molar-refractivity contribution in [2.24, 2.45) is 0 Å². The van der Waals surface area contributed by atoms with Crippen molar-refractivity contribution >= 4 is 12.1 Å². The molecule has 1 aromatic rings. The smallest absolute Gasteiger partial charge is 0.408 e. The number of carboxylic acid groups (broad SMARTS) is 1. The van der Waals surface area contributed by atoms with E-state index in [1.54, 1.807) is 38.1 Å². The third-order valence-corrected chi connectivity index (χ3v) is 3.69. The van der Waals surface area contributed by atoms with E-state index in [0.29, 0.717) is 17.1 Å². The summed E-state index contributed by atoms with van der Waals surface area (Å²) < 4.78 is 21.4. The third kappa shape index (κ3) is 6.40. The molecule has 1 amide bonds. The number of hydrogen-bond acceptors (Lipinski definition) is 6. The Hall–Kier alpha value is -2.90. The number of carbonyl (C=O) groups excluding carboxylic acids is 1. The molecule has 0 saturated heterocycles. The number of nitrogens with one attached hydrogen (secondary N) is 1. The Balaban J connectivity index is 1.90. The average Bonchev–Trinajstić information content (AvgIpc) is 2.97. The Kier molecular flexibility index (Phi) is 6.92. The van der Waals surface area contributed by atoms with Crippen molar-refractivity contribution in [3.8, 4) is 5.75 Å². The van der Waals surface area contributed by atoms with Crippen LogP contribution in [0.25, 0.3) is 0 Å². The van der Waals surface area contributed by atoms with Gasteiger partial charge in [0, 0.05) is 13.8 Å². The van der Waals surface area contributed by atoms with E-state index in [2.05, 4.69) is 5.32 Å². The summed E-state index contributed by atoms with van der Waals surface area (Å²) in [4.78, 5) is 23.2. The second kappa shape index (κ2) is 9.16. The number of aliphatic carboxylic acids is 1. The number of alkyl carbamates (subject to hydrolysis) is 1. The fraction of sp³-hybridized carbons (Fsp3) is 0.474. The van der Waals surface area contributed by atoms with Gasteiger partial charge in [0.2, 0.25) is 5.79 Å². The molecule has 8 nitrogen and oxygen atoms in total. The number of hydrogen-bond donors (Lipinski definition) is 2. The highest BCUT2D eigenvalue weighted by Crippen LogP contribution is 2.25. The van der Waals surface area contributed by atoms with Crippen molar-refractivity contribution in [3.05, 3.63) is 41.9 Å². The molecule has 0 aromatic heterocycles. The molecule has 1 aliphatic heterocycles. The second-order valence-electron chi connectivity index (χ2n) is 6.47. The quantitative estimate of drug-likeness (QED) is 0.634. The van der Waals surface area contributed by atoms with E-state index in [-0.39, 0.29) is 13.2 Å². The molecule has 0 aliphatic carbocycles. The minimum Gasteiger partial charge on any atom is -0.486 e. The first kappa shape index (κ1) is 20.4. The normalized spacial score (nSPS) is 15.7. The summed E-state index contributed by atoms with van der Waals surface area (Å²) in [5, 5.41) is 11.7. The van der Waals surface area contributed by atoms with E-state index < -0.39 is 23.9 Å². The van der Waals surface area contributed by atoms with Gasteiger partial charge in [-0.2, -0.15) is 0 Å². The SMILES string of the molecule is CCCCOC(=O)N[C@@H](C(=O)O)c1ccc(OCC2=COC(C)(C)O2)cc1. The number of carboxylic acids is 1. The van der Waals surface area contributed by atoms with Crippen LogP contribution in [0.3, 0.4) is 0 Å². The zero-order valence-corrected chi connectivity index (χ0v) is 15.7. The number of carbonyl (C=O) groups is 2. The fourth-order valence-corrected chi connectivity index (χ4v) is 2.30. The summed E-state index contributed by atoms with van der Waals surface area (Å²) in [6.45, 7) is 5.98. The topological polar surface area (TPSA) is 103 Å². The number of ether oxygens (including phenoxy) is 4. The first-order chi connectivity index (χ1) is 12.8. The van der Waals surface area contributed by atoms with Gasteiger partial charge in [0.15, 0.2) is 11.8 Å². The van der Waals surface area contributed by atoms with Crippen LogP contribution in [0.5, 0.6) is 5.75 Å². The van der Waals surface area contributed by atoms with Crippen LogP contribution in [0, 0.1) is 0 Å². The standard InChI is InChI=1S/C19H25NO7/c1-4-5-10-24-18(23)20-16(17(21)22)13-6-8-14(9-7-13)25-11-15-12-26-19(2,3)27-15/h6-9,12,16H,4-5,10-11H2,1-3H3,(H,20,23)(H,21,22)/t16-/m1/s1. The van der Waals surface area contributed by atoms with Crippen molar-refractivity contribution in [3.63, 3.8) is 0 Å². The molecule has 0 unspecified atom stereocenters. The maximum atomic E-state index is 11.7. The molecule has 1 aromatic carbocycles. The van der Waals surface area contributed by atoms with Gasteiger partial charge in [0.25, 0.3) is 0 Å². The molecular formula is C19H25NO7. The highest BCUT2D eigenvalue weighted by atomic mass is 16.7. The lowest BCUT2D eigenvalue weighted by Gasteiger charge is -2.18. The van der Waals surface area contributed by atoms with Crippen LogP contribution in [0.15, 0.2) is 36.3 Å². The van der Waals surface area contributed by atoms with Crippen LogP contribution in [0.2, 0.25) is 0 Å². The van der Waals surface area contributed by atoms with Crippen LogP contribution in [-0.2, 0) is 19.0 Å². The summed E-state index contributed by atoms with van der Waals surface area (Å²) in [6, 6.07) is 5.19. The van der Waals surface area contributed by atoms with Crippen LogP contribution >= 0.6 is 0 Å².